The molecule has 3 rings (SSSR count). The molecule has 0 spiro atoms. The highest BCUT2D eigenvalue weighted by Crippen LogP contribution is 2.29. The largest absolute Gasteiger partial charge is 0.478 e. The molecule has 8 nitrogen and oxygen atoms in total. The van der Waals surface area contributed by atoms with E-state index in [-0.39, 0.29) is 16.3 Å². The van der Waals surface area contributed by atoms with Crippen molar-refractivity contribution in [2.75, 3.05) is 11.4 Å². The molecular formula is C19H18ClN3O5S. The van der Waals surface area contributed by atoms with Crippen LogP contribution in [0.25, 0.3) is 5.69 Å². The van der Waals surface area contributed by atoms with Gasteiger partial charge in [-0.2, -0.15) is 0 Å². The van der Waals surface area contributed by atoms with Gasteiger partial charge in [-0.3, -0.25) is 13.8 Å². The van der Waals surface area contributed by atoms with Gasteiger partial charge in [0, 0.05) is 14.1 Å². The van der Waals surface area contributed by atoms with Crippen molar-refractivity contribution in [1.29, 1.82) is 0 Å². The first kappa shape index (κ1) is 20.7. The highest BCUT2D eigenvalue weighted by atomic mass is 35.5. The van der Waals surface area contributed by atoms with Gasteiger partial charge >= 0.3 is 5.97 Å². The Hall–Kier alpha value is -3.04. The first-order chi connectivity index (χ1) is 13.6. The number of aromatic carboxylic acids is 1. The van der Waals surface area contributed by atoms with Crippen LogP contribution in [0.4, 0.5) is 5.69 Å². The third-order valence-electron chi connectivity index (χ3n) is 4.66. The average molecular weight is 436 g/mol. The summed E-state index contributed by atoms with van der Waals surface area (Å²) >= 11 is 6.04. The molecular weight excluding hydrogens is 418 g/mol. The molecule has 0 unspecified atom stereocenters. The van der Waals surface area contributed by atoms with E-state index in [4.69, 9.17) is 16.7 Å². The Balaban J connectivity index is 2.19. The Kier molecular flexibility index (Phi) is 5.29. The summed E-state index contributed by atoms with van der Waals surface area (Å²) in [5, 5.41) is 9.03. The van der Waals surface area contributed by atoms with Crippen LogP contribution in [0.5, 0.6) is 0 Å². The molecule has 152 valence electrons. The van der Waals surface area contributed by atoms with Gasteiger partial charge in [-0.15, -0.1) is 0 Å². The number of anilines is 1. The molecule has 0 saturated carbocycles. The fraction of sp³-hybridized carbons (Fsp3) is 0.158. The standard InChI is InChI=1S/C19H18ClN3O5S/c1-12-17(18(24)23(21(12)2)14-7-5-4-6-8-14)22(3)29(27,28)16-11-13(19(25)26)9-10-15(16)20/h4-11H,1-3H3,(H,25,26). The van der Waals surface area contributed by atoms with Crippen LogP contribution in [-0.4, -0.2) is 35.9 Å². The number of rotatable bonds is 5. The van der Waals surface area contributed by atoms with Crippen LogP contribution in [0.1, 0.15) is 16.1 Å². The Morgan fingerprint density at radius 3 is 2.34 bits per heavy atom. The second-order valence-corrected chi connectivity index (χ2v) is 8.68. The van der Waals surface area contributed by atoms with Gasteiger partial charge in [0.2, 0.25) is 0 Å². The Labute approximate surface area is 172 Å². The summed E-state index contributed by atoms with van der Waals surface area (Å²) in [5.41, 5.74) is 0.162. The molecule has 0 aliphatic heterocycles. The molecule has 0 bridgehead atoms. The van der Waals surface area contributed by atoms with Gasteiger partial charge in [-0.1, -0.05) is 29.8 Å². The zero-order valence-electron chi connectivity index (χ0n) is 15.8. The van der Waals surface area contributed by atoms with E-state index in [1.54, 1.807) is 49.0 Å². The van der Waals surface area contributed by atoms with E-state index in [9.17, 15) is 18.0 Å². The molecule has 10 heteroatoms. The Morgan fingerprint density at radius 2 is 1.76 bits per heavy atom. The van der Waals surface area contributed by atoms with Crippen molar-refractivity contribution in [3.8, 4) is 5.69 Å². The second kappa shape index (κ2) is 7.41. The summed E-state index contributed by atoms with van der Waals surface area (Å²) in [7, 11) is -1.42. The van der Waals surface area contributed by atoms with Crippen molar-refractivity contribution < 1.29 is 18.3 Å². The van der Waals surface area contributed by atoms with E-state index < -0.39 is 26.4 Å². The Morgan fingerprint density at radius 1 is 1.14 bits per heavy atom. The van der Waals surface area contributed by atoms with Crippen molar-refractivity contribution in [3.05, 3.63) is 75.2 Å². The maximum atomic E-state index is 13.2. The lowest BCUT2D eigenvalue weighted by Crippen LogP contribution is -2.32. The zero-order valence-corrected chi connectivity index (χ0v) is 17.4. The molecule has 0 amide bonds. The molecule has 2 aromatic carbocycles. The van der Waals surface area contributed by atoms with Crippen molar-refractivity contribution in [3.63, 3.8) is 0 Å². The predicted octanol–water partition coefficient (Wildman–Crippen LogP) is 2.66. The molecule has 1 heterocycles. The topological polar surface area (TPSA) is 102 Å². The van der Waals surface area contributed by atoms with E-state index >= 15 is 0 Å². The first-order valence-corrected chi connectivity index (χ1v) is 10.2. The predicted molar refractivity (Wildman–Crippen MR) is 110 cm³/mol. The van der Waals surface area contributed by atoms with Crippen LogP contribution in [-0.2, 0) is 17.1 Å². The van der Waals surface area contributed by atoms with E-state index in [0.717, 1.165) is 10.4 Å². The summed E-state index contributed by atoms with van der Waals surface area (Å²) in [5.74, 6) is -1.29. The van der Waals surface area contributed by atoms with Crippen LogP contribution in [0.15, 0.2) is 58.2 Å². The molecule has 0 radical (unpaired) electrons. The first-order valence-electron chi connectivity index (χ1n) is 8.43. The number of aromatic nitrogens is 2. The number of hydrogen-bond donors (Lipinski definition) is 1. The zero-order chi connectivity index (χ0) is 21.5. The Bertz CT molecular complexity index is 1260. The number of sulfonamides is 1. The van der Waals surface area contributed by atoms with Crippen molar-refractivity contribution in [1.82, 2.24) is 9.36 Å². The third-order valence-corrected chi connectivity index (χ3v) is 6.89. The van der Waals surface area contributed by atoms with Gasteiger partial charge in [0.05, 0.1) is 22.0 Å². The quantitative estimate of drug-likeness (QED) is 0.663. The average Bonchev–Trinajstić information content (AvgIpc) is 2.90. The SMILES string of the molecule is Cc1c(N(C)S(=O)(=O)c2cc(C(=O)O)ccc2Cl)c(=O)n(-c2ccccc2)n1C. The van der Waals surface area contributed by atoms with Gasteiger partial charge in [-0.25, -0.2) is 17.9 Å². The molecule has 0 aliphatic carbocycles. The van der Waals surface area contributed by atoms with Crippen molar-refractivity contribution in [2.45, 2.75) is 11.8 Å². The fourth-order valence-electron chi connectivity index (χ4n) is 3.02. The number of carbonyl (C=O) groups is 1. The van der Waals surface area contributed by atoms with Gasteiger partial charge in [0.1, 0.15) is 10.6 Å². The highest BCUT2D eigenvalue weighted by Gasteiger charge is 2.30. The van der Waals surface area contributed by atoms with E-state index in [1.807, 2.05) is 0 Å². The number of halogens is 1. The molecule has 1 aromatic heterocycles. The number of hydrogen-bond acceptors (Lipinski definition) is 4. The molecule has 3 aromatic rings. The van der Waals surface area contributed by atoms with Gasteiger partial charge in [0.15, 0.2) is 0 Å². The van der Waals surface area contributed by atoms with Crippen LogP contribution in [0, 0.1) is 6.92 Å². The van der Waals surface area contributed by atoms with Crippen LogP contribution < -0.4 is 9.86 Å². The van der Waals surface area contributed by atoms with Gasteiger partial charge < -0.3 is 5.11 Å². The summed E-state index contributed by atoms with van der Waals surface area (Å²) in [6, 6.07) is 12.2. The molecule has 0 aliphatic rings. The van der Waals surface area contributed by atoms with Crippen LogP contribution >= 0.6 is 11.6 Å². The van der Waals surface area contributed by atoms with Crippen LogP contribution in [0.3, 0.4) is 0 Å². The third kappa shape index (κ3) is 3.43. The lowest BCUT2D eigenvalue weighted by Gasteiger charge is -2.19. The normalized spacial score (nSPS) is 11.4. The minimum atomic E-state index is -4.30. The van der Waals surface area contributed by atoms with E-state index in [1.165, 1.54) is 23.9 Å². The van der Waals surface area contributed by atoms with Gasteiger partial charge in [0.25, 0.3) is 15.6 Å². The summed E-state index contributed by atoms with van der Waals surface area (Å²) < 4.78 is 30.1. The summed E-state index contributed by atoms with van der Waals surface area (Å²) in [6.45, 7) is 1.62. The number of nitrogens with zero attached hydrogens (tertiary/aromatic N) is 3. The molecule has 0 atom stereocenters. The fourth-order valence-corrected chi connectivity index (χ4v) is 4.76. The minimum Gasteiger partial charge on any atom is -0.478 e. The number of carboxylic acids is 1. The molecule has 29 heavy (non-hydrogen) atoms. The van der Waals surface area contributed by atoms with Gasteiger partial charge in [-0.05, 0) is 37.3 Å². The maximum absolute atomic E-state index is 13.2. The lowest BCUT2D eigenvalue weighted by molar-refractivity contribution is 0.0696. The number of benzene rings is 2. The lowest BCUT2D eigenvalue weighted by atomic mass is 10.2. The summed E-state index contributed by atoms with van der Waals surface area (Å²) in [6.07, 6.45) is 0. The monoisotopic (exact) mass is 435 g/mol. The maximum Gasteiger partial charge on any atom is 0.335 e. The van der Waals surface area contributed by atoms with E-state index in [2.05, 4.69) is 0 Å². The summed E-state index contributed by atoms with van der Waals surface area (Å²) in [4.78, 5) is 23.9. The van der Waals surface area contributed by atoms with Crippen molar-refractivity contribution >= 4 is 33.3 Å². The minimum absolute atomic E-state index is 0.0619. The van der Waals surface area contributed by atoms with Crippen molar-refractivity contribution in [2.24, 2.45) is 7.05 Å². The molecule has 0 saturated heterocycles. The van der Waals surface area contributed by atoms with Crippen LogP contribution in [0.2, 0.25) is 5.02 Å². The number of para-hydroxylation sites is 1. The smallest absolute Gasteiger partial charge is 0.335 e. The van der Waals surface area contributed by atoms with E-state index in [0.29, 0.717) is 11.4 Å². The molecule has 1 N–H and O–H groups in total. The highest BCUT2D eigenvalue weighted by molar-refractivity contribution is 7.93. The second-order valence-electron chi connectivity index (χ2n) is 6.33. The molecule has 0 fully saturated rings. The number of carboxylic acid groups (broad SMARTS) is 1.